The Hall–Kier alpha value is -3.33. The van der Waals surface area contributed by atoms with E-state index in [1.54, 1.807) is 12.1 Å². The molecule has 3 aliphatic rings. The van der Waals surface area contributed by atoms with Crippen LogP contribution in [0.4, 0.5) is 14.6 Å². The lowest BCUT2D eigenvalue weighted by atomic mass is 9.79. The highest BCUT2D eigenvalue weighted by Crippen LogP contribution is 2.45. The molecule has 0 radical (unpaired) electrons. The number of nitrogens with one attached hydrogen (secondary N) is 1. The molecular formula is C29H29F2N3O3. The first-order valence-corrected chi connectivity index (χ1v) is 12.7. The summed E-state index contributed by atoms with van der Waals surface area (Å²) in [5, 5.41) is 3.02. The molecule has 1 amide bonds. The molecule has 2 fully saturated rings. The van der Waals surface area contributed by atoms with Gasteiger partial charge >= 0.3 is 0 Å². The second-order valence-electron chi connectivity index (χ2n) is 10.2. The Balaban J connectivity index is 1.13. The van der Waals surface area contributed by atoms with E-state index >= 15 is 0 Å². The molecule has 0 aromatic heterocycles. The number of para-hydroxylation sites is 1. The average Bonchev–Trinajstić information content (AvgIpc) is 3.48. The lowest BCUT2D eigenvalue weighted by molar-refractivity contribution is -0.120. The Morgan fingerprint density at radius 3 is 2.35 bits per heavy atom. The van der Waals surface area contributed by atoms with E-state index in [0.29, 0.717) is 13.0 Å². The van der Waals surface area contributed by atoms with Crippen molar-refractivity contribution in [1.29, 1.82) is 0 Å². The first-order chi connectivity index (χ1) is 18.1. The standard InChI is InChI=1S/C29H29F2N3O3/c30-22-9-5-20(6-10-22)27(21-7-11-23(37-31)12-8-21)34-15-13-33(14-16-34)18-24-17-29(19-36-24)25-3-1-2-4-26(25)32-28(29)35/h1-12,24,27H,13-19H2,(H,32,35). The van der Waals surface area contributed by atoms with Gasteiger partial charge in [0.25, 0.3) is 0 Å². The second-order valence-corrected chi connectivity index (χ2v) is 10.2. The predicted octanol–water partition coefficient (Wildman–Crippen LogP) is 4.48. The summed E-state index contributed by atoms with van der Waals surface area (Å²) in [6.45, 7) is 4.49. The van der Waals surface area contributed by atoms with Gasteiger partial charge in [0.1, 0.15) is 11.2 Å². The lowest BCUT2D eigenvalue weighted by Crippen LogP contribution is -2.49. The monoisotopic (exact) mass is 505 g/mol. The molecule has 3 aromatic rings. The zero-order valence-electron chi connectivity index (χ0n) is 20.4. The molecule has 3 unspecified atom stereocenters. The summed E-state index contributed by atoms with van der Waals surface area (Å²) >= 11 is 0. The summed E-state index contributed by atoms with van der Waals surface area (Å²) in [4.78, 5) is 21.5. The minimum Gasteiger partial charge on any atom is -0.375 e. The average molecular weight is 506 g/mol. The molecule has 0 saturated carbocycles. The number of carbonyl (C=O) groups is 1. The lowest BCUT2D eigenvalue weighted by Gasteiger charge is -2.40. The van der Waals surface area contributed by atoms with E-state index < -0.39 is 5.41 Å². The summed E-state index contributed by atoms with van der Waals surface area (Å²) in [5.74, 6) is -0.0898. The van der Waals surface area contributed by atoms with Crippen LogP contribution in [0.3, 0.4) is 0 Å². The van der Waals surface area contributed by atoms with Crippen molar-refractivity contribution in [2.45, 2.75) is 24.0 Å². The molecule has 3 aliphatic heterocycles. The number of halogens is 2. The van der Waals surface area contributed by atoms with Gasteiger partial charge in [-0.15, -0.1) is 0 Å². The maximum absolute atomic E-state index is 13.6. The van der Waals surface area contributed by atoms with Crippen LogP contribution in [-0.4, -0.2) is 61.1 Å². The second kappa shape index (κ2) is 9.85. The van der Waals surface area contributed by atoms with Gasteiger partial charge in [-0.25, -0.2) is 4.39 Å². The van der Waals surface area contributed by atoms with Gasteiger partial charge in [-0.2, -0.15) is 0 Å². The highest BCUT2D eigenvalue weighted by Gasteiger charge is 2.52. The van der Waals surface area contributed by atoms with E-state index in [2.05, 4.69) is 20.1 Å². The Kier molecular flexibility index (Phi) is 6.40. The fourth-order valence-electron chi connectivity index (χ4n) is 6.06. The van der Waals surface area contributed by atoms with Crippen molar-refractivity contribution in [2.24, 2.45) is 0 Å². The molecule has 0 bridgehead atoms. The van der Waals surface area contributed by atoms with E-state index in [1.807, 2.05) is 48.5 Å². The van der Waals surface area contributed by atoms with Crippen LogP contribution in [0.2, 0.25) is 0 Å². The van der Waals surface area contributed by atoms with Crippen molar-refractivity contribution in [3.63, 3.8) is 0 Å². The topological polar surface area (TPSA) is 54.0 Å². The number of ether oxygens (including phenoxy) is 1. The summed E-state index contributed by atoms with van der Waals surface area (Å²) in [7, 11) is 0. The van der Waals surface area contributed by atoms with Gasteiger partial charge < -0.3 is 10.1 Å². The number of carbonyl (C=O) groups excluding carboxylic acids is 1. The van der Waals surface area contributed by atoms with Gasteiger partial charge in [-0.05, 0) is 53.4 Å². The molecule has 3 atom stereocenters. The number of piperazine rings is 1. The molecular weight excluding hydrogens is 476 g/mol. The number of hydrogen-bond donors (Lipinski definition) is 1. The van der Waals surface area contributed by atoms with Crippen molar-refractivity contribution in [1.82, 2.24) is 9.80 Å². The maximum Gasteiger partial charge on any atom is 0.237 e. The molecule has 0 aliphatic carbocycles. The van der Waals surface area contributed by atoms with E-state index in [9.17, 15) is 13.7 Å². The Morgan fingerprint density at radius 1 is 0.973 bits per heavy atom. The molecule has 1 N–H and O–H groups in total. The van der Waals surface area contributed by atoms with Gasteiger partial charge in [0.15, 0.2) is 5.75 Å². The highest BCUT2D eigenvalue weighted by molar-refractivity contribution is 6.06. The van der Waals surface area contributed by atoms with Crippen molar-refractivity contribution < 1.29 is 23.4 Å². The number of anilines is 1. The predicted molar refractivity (Wildman–Crippen MR) is 136 cm³/mol. The van der Waals surface area contributed by atoms with Gasteiger partial charge in [-0.3, -0.25) is 19.5 Å². The number of amides is 1. The van der Waals surface area contributed by atoms with Crippen LogP contribution < -0.4 is 10.3 Å². The van der Waals surface area contributed by atoms with Crippen LogP contribution in [0.15, 0.2) is 72.8 Å². The minimum absolute atomic E-state index is 0.00963. The third-order valence-corrected chi connectivity index (χ3v) is 7.97. The number of nitrogens with zero attached hydrogens (tertiary/aromatic N) is 2. The van der Waals surface area contributed by atoms with Crippen LogP contribution in [0, 0.1) is 5.82 Å². The maximum atomic E-state index is 13.6. The molecule has 8 heteroatoms. The van der Waals surface area contributed by atoms with E-state index in [0.717, 1.165) is 55.1 Å². The molecule has 6 nitrogen and oxygen atoms in total. The summed E-state index contributed by atoms with van der Waals surface area (Å²) in [6.07, 6.45) is 0.668. The fourth-order valence-corrected chi connectivity index (χ4v) is 6.06. The third-order valence-electron chi connectivity index (χ3n) is 7.97. The number of rotatable bonds is 6. The van der Waals surface area contributed by atoms with Crippen molar-refractivity contribution in [2.75, 3.05) is 44.6 Å². The largest absolute Gasteiger partial charge is 0.375 e. The first kappa shape index (κ1) is 24.0. The van der Waals surface area contributed by atoms with Crippen LogP contribution in [0.1, 0.15) is 29.2 Å². The number of benzene rings is 3. The molecule has 1 spiro atoms. The normalized spacial score (nSPS) is 24.7. The van der Waals surface area contributed by atoms with Crippen LogP contribution in [-0.2, 0) is 14.9 Å². The zero-order valence-corrected chi connectivity index (χ0v) is 20.4. The van der Waals surface area contributed by atoms with Crippen molar-refractivity contribution in [3.8, 4) is 5.75 Å². The number of hydrogen-bond acceptors (Lipinski definition) is 5. The Labute approximate surface area is 214 Å². The van der Waals surface area contributed by atoms with Gasteiger partial charge in [0.2, 0.25) is 5.91 Å². The minimum atomic E-state index is -0.591. The summed E-state index contributed by atoms with van der Waals surface area (Å²) < 4.78 is 32.4. The smallest absolute Gasteiger partial charge is 0.237 e. The fraction of sp³-hybridized carbons (Fsp3) is 0.345. The molecule has 192 valence electrons. The number of fused-ring (bicyclic) bond motifs is 2. The van der Waals surface area contributed by atoms with Gasteiger partial charge in [-0.1, -0.05) is 42.5 Å². The van der Waals surface area contributed by atoms with Gasteiger partial charge in [0.05, 0.1) is 18.8 Å². The SMILES string of the molecule is O=C1Nc2ccccc2C12COC(CN1CCN(C(c3ccc(F)cc3)c3ccc(OF)cc3)CC1)C2. The Bertz CT molecular complexity index is 1260. The van der Waals surface area contributed by atoms with E-state index in [1.165, 1.54) is 12.1 Å². The summed E-state index contributed by atoms with van der Waals surface area (Å²) in [5.41, 5.74) is 3.32. The molecule has 37 heavy (non-hydrogen) atoms. The molecule has 6 rings (SSSR count). The van der Waals surface area contributed by atoms with Crippen LogP contribution in [0.5, 0.6) is 5.75 Å². The van der Waals surface area contributed by atoms with Gasteiger partial charge in [0, 0.05) is 42.9 Å². The highest BCUT2D eigenvalue weighted by atomic mass is 19.3. The first-order valence-electron chi connectivity index (χ1n) is 12.7. The van der Waals surface area contributed by atoms with Crippen molar-refractivity contribution in [3.05, 3.63) is 95.3 Å². The zero-order chi connectivity index (χ0) is 25.4. The third kappa shape index (κ3) is 4.50. The summed E-state index contributed by atoms with van der Waals surface area (Å²) in [6, 6.07) is 21.3. The Morgan fingerprint density at radius 2 is 1.65 bits per heavy atom. The molecule has 2 saturated heterocycles. The van der Waals surface area contributed by atoms with E-state index in [-0.39, 0.29) is 29.6 Å². The molecule has 3 heterocycles. The van der Waals surface area contributed by atoms with Crippen LogP contribution >= 0.6 is 0 Å². The van der Waals surface area contributed by atoms with Crippen molar-refractivity contribution >= 4 is 11.6 Å². The van der Waals surface area contributed by atoms with E-state index in [4.69, 9.17) is 4.74 Å². The molecule has 3 aromatic carbocycles. The van der Waals surface area contributed by atoms with Crippen LogP contribution in [0.25, 0.3) is 0 Å². The quantitative estimate of drug-likeness (QED) is 0.536.